The standard InChI is InChI=1S/C12H10BrFN2/c1-8-11(14)3-2-4-12(8)16-10-5-9(13)6-15-7-10/h2-7,16H,1H3. The van der Waals surface area contributed by atoms with Gasteiger partial charge in [-0.3, -0.25) is 4.98 Å². The average molecular weight is 281 g/mol. The summed E-state index contributed by atoms with van der Waals surface area (Å²) in [5, 5.41) is 3.12. The predicted octanol–water partition coefficient (Wildman–Crippen LogP) is 4.04. The highest BCUT2D eigenvalue weighted by molar-refractivity contribution is 9.10. The van der Waals surface area contributed by atoms with E-state index in [1.165, 1.54) is 6.07 Å². The summed E-state index contributed by atoms with van der Waals surface area (Å²) < 4.78 is 14.2. The van der Waals surface area contributed by atoms with Crippen molar-refractivity contribution < 1.29 is 4.39 Å². The van der Waals surface area contributed by atoms with Crippen molar-refractivity contribution in [1.29, 1.82) is 0 Å². The van der Waals surface area contributed by atoms with Gasteiger partial charge in [-0.2, -0.15) is 0 Å². The molecule has 0 saturated carbocycles. The average Bonchev–Trinajstić information content (AvgIpc) is 2.25. The molecular formula is C12H10BrFN2. The zero-order valence-corrected chi connectivity index (χ0v) is 10.3. The summed E-state index contributed by atoms with van der Waals surface area (Å²) in [4.78, 5) is 4.03. The first-order valence-electron chi connectivity index (χ1n) is 4.79. The smallest absolute Gasteiger partial charge is 0.128 e. The fourth-order valence-electron chi connectivity index (χ4n) is 1.38. The van der Waals surface area contributed by atoms with Crippen molar-refractivity contribution >= 4 is 27.3 Å². The maximum atomic E-state index is 13.3. The Morgan fingerprint density at radius 3 is 2.88 bits per heavy atom. The van der Waals surface area contributed by atoms with Crippen LogP contribution in [0.15, 0.2) is 41.1 Å². The van der Waals surface area contributed by atoms with Crippen LogP contribution in [0.4, 0.5) is 15.8 Å². The van der Waals surface area contributed by atoms with E-state index in [9.17, 15) is 4.39 Å². The lowest BCUT2D eigenvalue weighted by Gasteiger charge is -2.09. The van der Waals surface area contributed by atoms with E-state index in [2.05, 4.69) is 26.2 Å². The third kappa shape index (κ3) is 2.39. The molecule has 2 rings (SSSR count). The number of hydrogen-bond donors (Lipinski definition) is 1. The minimum atomic E-state index is -0.215. The Morgan fingerprint density at radius 1 is 1.31 bits per heavy atom. The number of anilines is 2. The van der Waals surface area contributed by atoms with Crippen molar-refractivity contribution in [2.45, 2.75) is 6.92 Å². The number of pyridine rings is 1. The van der Waals surface area contributed by atoms with Crippen molar-refractivity contribution in [3.05, 3.63) is 52.5 Å². The molecule has 0 fully saturated rings. The van der Waals surface area contributed by atoms with Crippen LogP contribution in [0.25, 0.3) is 0 Å². The van der Waals surface area contributed by atoms with Crippen LogP contribution in [0.3, 0.4) is 0 Å². The molecule has 0 aliphatic heterocycles. The maximum absolute atomic E-state index is 13.3. The van der Waals surface area contributed by atoms with Gasteiger partial charge in [0.05, 0.1) is 11.9 Å². The fourth-order valence-corrected chi connectivity index (χ4v) is 1.74. The van der Waals surface area contributed by atoms with Gasteiger partial charge in [-0.25, -0.2) is 4.39 Å². The van der Waals surface area contributed by atoms with E-state index < -0.39 is 0 Å². The predicted molar refractivity (Wildman–Crippen MR) is 66.4 cm³/mol. The molecule has 82 valence electrons. The number of aromatic nitrogens is 1. The molecule has 16 heavy (non-hydrogen) atoms. The Labute approximate surface area is 102 Å². The summed E-state index contributed by atoms with van der Waals surface area (Å²) in [6.07, 6.45) is 3.39. The summed E-state index contributed by atoms with van der Waals surface area (Å²) in [6.45, 7) is 1.74. The van der Waals surface area contributed by atoms with Gasteiger partial charge in [0.2, 0.25) is 0 Å². The Kier molecular flexibility index (Phi) is 3.19. The van der Waals surface area contributed by atoms with Crippen LogP contribution in [0.1, 0.15) is 5.56 Å². The van der Waals surface area contributed by atoms with Crippen molar-refractivity contribution in [1.82, 2.24) is 4.98 Å². The first-order chi connectivity index (χ1) is 7.66. The molecule has 1 heterocycles. The van der Waals surface area contributed by atoms with Crippen molar-refractivity contribution in [3.63, 3.8) is 0 Å². The second-order valence-corrected chi connectivity index (χ2v) is 4.34. The normalized spacial score (nSPS) is 10.2. The van der Waals surface area contributed by atoms with Gasteiger partial charge in [0.25, 0.3) is 0 Å². The van der Waals surface area contributed by atoms with Gasteiger partial charge in [0.15, 0.2) is 0 Å². The van der Waals surface area contributed by atoms with E-state index in [-0.39, 0.29) is 5.82 Å². The molecule has 0 saturated heterocycles. The first kappa shape index (κ1) is 11.1. The molecule has 1 N–H and O–H groups in total. The van der Waals surface area contributed by atoms with Crippen LogP contribution in [0.2, 0.25) is 0 Å². The quantitative estimate of drug-likeness (QED) is 0.898. The van der Waals surface area contributed by atoms with Crippen LogP contribution < -0.4 is 5.32 Å². The molecule has 0 spiro atoms. The van der Waals surface area contributed by atoms with Crippen LogP contribution in [-0.4, -0.2) is 4.98 Å². The van der Waals surface area contributed by atoms with Gasteiger partial charge in [0.1, 0.15) is 5.82 Å². The Morgan fingerprint density at radius 2 is 2.12 bits per heavy atom. The van der Waals surface area contributed by atoms with Crippen molar-refractivity contribution in [2.75, 3.05) is 5.32 Å². The van der Waals surface area contributed by atoms with Gasteiger partial charge in [-0.15, -0.1) is 0 Å². The van der Waals surface area contributed by atoms with Crippen LogP contribution >= 0.6 is 15.9 Å². The molecule has 1 aromatic heterocycles. The fraction of sp³-hybridized carbons (Fsp3) is 0.0833. The lowest BCUT2D eigenvalue weighted by atomic mass is 10.2. The highest BCUT2D eigenvalue weighted by atomic mass is 79.9. The van der Waals surface area contributed by atoms with Gasteiger partial charge >= 0.3 is 0 Å². The third-order valence-electron chi connectivity index (χ3n) is 2.25. The molecule has 0 unspecified atom stereocenters. The Balaban J connectivity index is 2.31. The summed E-state index contributed by atoms with van der Waals surface area (Å²) >= 11 is 3.33. The highest BCUT2D eigenvalue weighted by Crippen LogP contribution is 2.23. The monoisotopic (exact) mass is 280 g/mol. The minimum Gasteiger partial charge on any atom is -0.354 e. The third-order valence-corrected chi connectivity index (χ3v) is 2.69. The number of benzene rings is 1. The van der Waals surface area contributed by atoms with Crippen LogP contribution in [0.5, 0.6) is 0 Å². The summed E-state index contributed by atoms with van der Waals surface area (Å²) in [5.74, 6) is -0.215. The SMILES string of the molecule is Cc1c(F)cccc1Nc1cncc(Br)c1. The molecule has 0 radical (unpaired) electrons. The molecule has 1 aromatic carbocycles. The number of nitrogens with one attached hydrogen (secondary N) is 1. The van der Waals surface area contributed by atoms with Gasteiger partial charge in [0, 0.05) is 21.9 Å². The number of hydrogen-bond acceptors (Lipinski definition) is 2. The lowest BCUT2D eigenvalue weighted by molar-refractivity contribution is 0.619. The minimum absolute atomic E-state index is 0.215. The van der Waals surface area contributed by atoms with E-state index in [0.717, 1.165) is 15.8 Å². The zero-order chi connectivity index (χ0) is 11.5. The van der Waals surface area contributed by atoms with Gasteiger partial charge in [-0.05, 0) is 41.1 Å². The van der Waals surface area contributed by atoms with Gasteiger partial charge < -0.3 is 5.32 Å². The van der Waals surface area contributed by atoms with E-state index in [1.807, 2.05) is 12.1 Å². The molecule has 2 aromatic rings. The maximum Gasteiger partial charge on any atom is 0.128 e. The molecule has 0 amide bonds. The molecule has 0 bridgehead atoms. The number of nitrogens with zero attached hydrogens (tertiary/aromatic N) is 1. The topological polar surface area (TPSA) is 24.9 Å². The molecule has 0 aliphatic carbocycles. The van der Waals surface area contributed by atoms with E-state index in [0.29, 0.717) is 5.56 Å². The second kappa shape index (κ2) is 4.61. The molecule has 0 aliphatic rings. The highest BCUT2D eigenvalue weighted by Gasteiger charge is 2.03. The van der Waals surface area contributed by atoms with Crippen LogP contribution in [-0.2, 0) is 0 Å². The number of rotatable bonds is 2. The van der Waals surface area contributed by atoms with E-state index in [1.54, 1.807) is 25.4 Å². The summed E-state index contributed by atoms with van der Waals surface area (Å²) in [5.41, 5.74) is 2.17. The zero-order valence-electron chi connectivity index (χ0n) is 8.67. The molecule has 4 heteroatoms. The van der Waals surface area contributed by atoms with Crippen molar-refractivity contribution in [2.24, 2.45) is 0 Å². The summed E-state index contributed by atoms with van der Waals surface area (Å²) in [6, 6.07) is 6.84. The Bertz CT molecular complexity index is 514. The summed E-state index contributed by atoms with van der Waals surface area (Å²) in [7, 11) is 0. The van der Waals surface area contributed by atoms with E-state index >= 15 is 0 Å². The van der Waals surface area contributed by atoms with Crippen LogP contribution in [0, 0.1) is 12.7 Å². The van der Waals surface area contributed by atoms with E-state index in [4.69, 9.17) is 0 Å². The van der Waals surface area contributed by atoms with Gasteiger partial charge in [-0.1, -0.05) is 6.07 Å². The number of halogens is 2. The van der Waals surface area contributed by atoms with Crippen molar-refractivity contribution in [3.8, 4) is 0 Å². The Hall–Kier alpha value is -1.42. The molecule has 2 nitrogen and oxygen atoms in total. The second-order valence-electron chi connectivity index (χ2n) is 3.43. The molecule has 0 atom stereocenters. The lowest BCUT2D eigenvalue weighted by Crippen LogP contribution is -1.95. The molecular weight excluding hydrogens is 271 g/mol. The largest absolute Gasteiger partial charge is 0.354 e. The first-order valence-corrected chi connectivity index (χ1v) is 5.59.